The molecule has 0 bridgehead atoms. The van der Waals surface area contributed by atoms with Gasteiger partial charge in [-0.15, -0.1) is 24.8 Å². The molecule has 12 aromatic rings. The zero-order chi connectivity index (χ0) is 91.7. The van der Waals surface area contributed by atoms with E-state index in [0.717, 1.165) is 33.4 Å². The van der Waals surface area contributed by atoms with Crippen LogP contribution in [0.3, 0.4) is 0 Å². The fraction of sp³-hybridized carbons (Fsp3) is 0.341. The highest BCUT2D eigenvalue weighted by molar-refractivity contribution is 7.54. The Bertz CT molecular complexity index is 5410. The smallest absolute Gasteiger partial charge is 0.397 e. The molecule has 6 aromatic heterocycles. The van der Waals surface area contributed by atoms with Gasteiger partial charge in [-0.3, -0.25) is 0 Å². The van der Waals surface area contributed by atoms with Gasteiger partial charge in [0.05, 0.1) is 70.8 Å². The molecule has 6 aromatic carbocycles. The first-order valence-corrected chi connectivity index (χ1v) is 44.8. The first-order valence-electron chi connectivity index (χ1n) is 40.0. The van der Waals surface area contributed by atoms with Crippen LogP contribution >= 0.6 is 34.4 Å². The quantitative estimate of drug-likeness (QED) is 0.0195. The molecule has 1 radical (unpaired) electrons. The Morgan fingerprint density at radius 2 is 0.778 bits per heavy atom. The third-order valence-electron chi connectivity index (χ3n) is 20.5. The summed E-state index contributed by atoms with van der Waals surface area (Å²) < 4.78 is 89.5. The summed E-state index contributed by atoms with van der Waals surface area (Å²) in [7, 11) is -0.478. The molecule has 0 saturated carbocycles. The zero-order valence-corrected chi connectivity index (χ0v) is 74.3. The van der Waals surface area contributed by atoms with Gasteiger partial charge in [-0.2, -0.15) is 49.7 Å². The summed E-state index contributed by atoms with van der Waals surface area (Å²) >= 11 is 14.4. The van der Waals surface area contributed by atoms with Crippen LogP contribution in [0.5, 0.6) is 0 Å². The second kappa shape index (κ2) is 48.0. The lowest BCUT2D eigenvalue weighted by Crippen LogP contribution is -2.55. The zero-order valence-electron chi connectivity index (χ0n) is 71.1. The van der Waals surface area contributed by atoms with Crippen LogP contribution in [0.25, 0.3) is 16.6 Å². The fourth-order valence-electron chi connectivity index (χ4n) is 14.1. The minimum Gasteiger partial charge on any atom is -0.397 e. The van der Waals surface area contributed by atoms with Gasteiger partial charge < -0.3 is 89.7 Å². The maximum atomic E-state index is 12.6. The molecule has 0 aliphatic carbocycles. The van der Waals surface area contributed by atoms with E-state index >= 15 is 0 Å². The van der Waals surface area contributed by atoms with E-state index in [1.54, 1.807) is 42.6 Å². The lowest BCUT2D eigenvalue weighted by atomic mass is 9.79. The number of fused-ring (bicyclic) bond motifs is 3. The number of anilines is 3. The second-order valence-corrected chi connectivity index (χ2v) is 37.0. The Balaban J connectivity index is 0.000000219. The van der Waals surface area contributed by atoms with Crippen LogP contribution in [0.1, 0.15) is 85.1 Å². The van der Waals surface area contributed by atoms with E-state index in [2.05, 4.69) is 67.3 Å². The third kappa shape index (κ3) is 24.5. The summed E-state index contributed by atoms with van der Waals surface area (Å²) in [5, 5.41) is 63.4. The van der Waals surface area contributed by atoms with Crippen molar-refractivity contribution >= 4 is 89.0 Å². The van der Waals surface area contributed by atoms with Gasteiger partial charge in [0.1, 0.15) is 97.1 Å². The van der Waals surface area contributed by atoms with E-state index in [9.17, 15) is 24.7 Å². The van der Waals surface area contributed by atoms with Gasteiger partial charge in [0, 0.05) is 15.8 Å². The highest BCUT2D eigenvalue weighted by Gasteiger charge is 2.69. The molecule has 0 spiro atoms. The summed E-state index contributed by atoms with van der Waals surface area (Å²) in [5.41, 5.74) is 22.3. The van der Waals surface area contributed by atoms with Crippen LogP contribution in [0.2, 0.25) is 26.0 Å². The van der Waals surface area contributed by atoms with Crippen LogP contribution in [0.15, 0.2) is 237 Å². The number of nitrogens with zero attached hydrogens (tertiary/aromatic N) is 9. The van der Waals surface area contributed by atoms with Gasteiger partial charge in [-0.25, -0.2) is 28.5 Å². The van der Waals surface area contributed by atoms with Gasteiger partial charge >= 0.3 is 12.5 Å². The van der Waals surface area contributed by atoms with Crippen molar-refractivity contribution in [3.8, 4) is 36.7 Å². The number of aliphatic hydroxyl groups is 5. The molecule has 26 nitrogen and oxygen atoms in total. The van der Waals surface area contributed by atoms with Crippen LogP contribution in [-0.4, -0.2) is 170 Å². The number of ether oxygens (including phenoxy) is 9. The van der Waals surface area contributed by atoms with Crippen molar-refractivity contribution in [3.05, 3.63) is 288 Å². The molecule has 9 heterocycles. The molecule has 15 rings (SSSR count). The minimum atomic E-state index is -1.99. The van der Waals surface area contributed by atoms with Crippen LogP contribution < -0.4 is 17.2 Å². The molecule has 12 atom stereocenters. The molecule has 3 saturated heterocycles. The fourth-order valence-corrected chi connectivity index (χ4v) is 14.1. The molecule has 3 aliphatic rings. The number of terminal acetylenes is 3. The molecule has 35 heteroatoms. The average molecular weight is 1800 g/mol. The van der Waals surface area contributed by atoms with Crippen molar-refractivity contribution in [1.29, 1.82) is 0 Å². The number of nitrogens with two attached hydrogens (primary N) is 3. The highest BCUT2D eigenvalue weighted by Crippen LogP contribution is 2.53. The monoisotopic (exact) mass is 1800 g/mol. The van der Waals surface area contributed by atoms with Gasteiger partial charge in [0.15, 0.2) is 23.1 Å². The number of hydrogen-bond donors (Lipinski definition) is 8. The number of aliphatic hydroxyl groups excluding tert-OH is 3. The lowest BCUT2D eigenvalue weighted by Gasteiger charge is -2.40. The minimum absolute atomic E-state index is 0.154. The Morgan fingerprint density at radius 1 is 0.484 bits per heavy atom. The number of halogens is 6. The van der Waals surface area contributed by atoms with Gasteiger partial charge in [0.2, 0.25) is 17.0 Å². The highest BCUT2D eigenvalue weighted by atomic mass is 35.6. The Hall–Kier alpha value is -10.3. The largest absolute Gasteiger partial charge is 0.450 e. The summed E-state index contributed by atoms with van der Waals surface area (Å²) in [6, 6.07) is 69.9. The molecule has 126 heavy (non-hydrogen) atoms. The molecule has 665 valence electrons. The average Bonchev–Trinajstić information content (AvgIpc) is 1.56. The van der Waals surface area contributed by atoms with E-state index < -0.39 is 90.1 Å². The number of benzene rings is 6. The number of rotatable bonds is 25. The maximum absolute atomic E-state index is 12.6. The third-order valence-corrected chi connectivity index (χ3v) is 21.4. The molecule has 0 amide bonds. The summed E-state index contributed by atoms with van der Waals surface area (Å²) in [6.45, 7) is 17.0. The number of nitrogen functional groups attached to an aromatic ring is 3. The molecular weight excluding hydrogens is 1700 g/mol. The Morgan fingerprint density at radius 3 is 1.10 bits per heavy atom. The molecule has 3 aliphatic heterocycles. The second-order valence-electron chi connectivity index (χ2n) is 30.2. The van der Waals surface area contributed by atoms with Gasteiger partial charge in [0.25, 0.3) is 0 Å². The first-order chi connectivity index (χ1) is 60.5. The lowest BCUT2D eigenvalue weighted by molar-refractivity contribution is -0.294. The standard InChI is InChI=1S/C35H34N4O4.C33H34N4O5.C14H16N4O4.C5H10Si.C2H5BF.C2H6O.BCl3.F2/c1-3-35(31-20-19-29-33(36)37-25-38-39(29)31)34(2,42-23-28-17-11-6-12-18-28)32(41-22-27-15-9-5-10-16-27)30(43-35)24-40-21-26-13-7-4-8-14-26;1-32(41-21-26-15-9-4-10-16-26)30(40-20-25-13-7-3-8-14-25)28(22-39-19-24-11-5-2-6-12-24)42-33(32,38)29-18-17-27-31(34)35-23-36-37(27)29;1-3-14(13(2,21)11(20)9(6-19)22-14)10-5-4-8-12(15)16-7-17-18(8)10;1-5-6(2,3)4;1-2-3-4;1-2-3;2-1(3)4;1-2/h1,4-20,25,30,32H,21-24H2,2H3,(H2,36,37,38);2-18,23,28,30,38H,19-22H2,1H3,(H2,34,35,36);1,4-5,7,9,11,19-21H,6H2,2H3,(H2,15,16,17);1H,2-4H3;2H2,1H3;3H,2H2,1H3;;/t30-,32-,34-,35+;28-,30-,32-,33?;9-,11-,13-,14+;;;;;/m111...../s1. The summed E-state index contributed by atoms with van der Waals surface area (Å²) in [6.07, 6.45) is 16.7. The van der Waals surface area contributed by atoms with E-state index in [4.69, 9.17) is 128 Å². The SMILES string of the molecule is C#C[C@@]1(c2ccc3c(N)ncnn23)O[C@H](CO)[C@@H](O)[C@@]1(C)O.C#C[C@@]1(c2ccc3c(N)ncnn23)O[C@H](COCc2ccccc2)[C@@H](OCc2ccccc2)[C@@]1(C)OCc1ccccc1.C#C[Si](C)(C)C.CCO.CC[B]F.C[C@@]1(OCc2ccccc2)[C@H](OCc2ccccc2)[C@@H](COCc2ccccc2)OC1(O)c1ccc2c(N)ncnn12.ClB(Cl)Cl.FF. The van der Waals surface area contributed by atoms with E-state index in [1.807, 2.05) is 208 Å². The van der Waals surface area contributed by atoms with Crippen molar-refractivity contribution in [1.82, 2.24) is 43.8 Å². The van der Waals surface area contributed by atoms with E-state index in [1.165, 1.54) is 34.9 Å². The maximum Gasteiger partial charge on any atom is 0.450 e. The summed E-state index contributed by atoms with van der Waals surface area (Å²) in [4.78, 5) is 11.4. The van der Waals surface area contributed by atoms with E-state index in [0.29, 0.717) is 73.1 Å². The topological polar surface area (TPSA) is 353 Å². The van der Waals surface area contributed by atoms with Crippen molar-refractivity contribution in [3.63, 3.8) is 0 Å². The van der Waals surface area contributed by atoms with Crippen molar-refractivity contribution in [2.45, 2.75) is 171 Å². The van der Waals surface area contributed by atoms with Crippen molar-refractivity contribution < 1.29 is 81.6 Å². The Labute approximate surface area is 748 Å². The Kier molecular flexibility index (Phi) is 38.5. The predicted octanol–water partition coefficient (Wildman–Crippen LogP) is 13.6. The first kappa shape index (κ1) is 101. The van der Waals surface area contributed by atoms with Crippen LogP contribution in [0, 0.1) is 36.7 Å². The predicted molar refractivity (Wildman–Crippen MR) is 485 cm³/mol. The molecule has 3 fully saturated rings. The number of hydrogen-bond acceptors (Lipinski definition) is 23. The normalized spacial score (nSPS) is 23.1. The molecular formula is C91H105B2Cl3F3N12O14Si. The van der Waals surface area contributed by atoms with Crippen molar-refractivity contribution in [2.24, 2.45) is 0 Å². The molecule has 11 N–H and O–H groups in total. The molecule has 1 unspecified atom stereocenters. The van der Waals surface area contributed by atoms with Gasteiger partial charge in [-0.1, -0.05) is 220 Å². The van der Waals surface area contributed by atoms with Gasteiger partial charge in [-0.05, 0) is 104 Å². The number of aromatic nitrogens is 9. The van der Waals surface area contributed by atoms with E-state index in [-0.39, 0.29) is 51.3 Å². The van der Waals surface area contributed by atoms with Crippen LogP contribution in [0.4, 0.5) is 30.9 Å². The van der Waals surface area contributed by atoms with Crippen LogP contribution in [-0.2, 0) is 99.3 Å². The van der Waals surface area contributed by atoms with Crippen molar-refractivity contribution in [2.75, 3.05) is 43.6 Å². The summed E-state index contributed by atoms with van der Waals surface area (Å²) in [5.74, 6) is 4.26.